The minimum absolute atomic E-state index is 0.0617. The highest BCUT2D eigenvalue weighted by Gasteiger charge is 2.81. The van der Waals surface area contributed by atoms with Gasteiger partial charge in [0.1, 0.15) is 6.10 Å². The third-order valence-electron chi connectivity index (χ3n) is 12.0. The zero-order chi connectivity index (χ0) is 23.8. The summed E-state index contributed by atoms with van der Waals surface area (Å²) >= 11 is 0. The van der Waals surface area contributed by atoms with Gasteiger partial charge in [0.25, 0.3) is 0 Å². The maximum Gasteiger partial charge on any atom is 0.161 e. The molecule has 0 saturated heterocycles. The predicted molar refractivity (Wildman–Crippen MR) is 130 cm³/mol. The second-order valence-electron chi connectivity index (χ2n) is 14.1. The van der Waals surface area contributed by atoms with Crippen LogP contribution in [-0.4, -0.2) is 28.7 Å². The van der Waals surface area contributed by atoms with E-state index in [1.54, 1.807) is 0 Å². The number of aliphatic hydroxyl groups is 1. The molecule has 6 rings (SSSR count). The Balaban J connectivity index is 1.43. The Morgan fingerprint density at radius 2 is 1.67 bits per heavy atom. The van der Waals surface area contributed by atoms with E-state index < -0.39 is 5.60 Å². The molecule has 0 radical (unpaired) electrons. The summed E-state index contributed by atoms with van der Waals surface area (Å²) in [6.45, 7) is 15.5. The third-order valence-corrected chi connectivity index (χ3v) is 12.0. The van der Waals surface area contributed by atoms with Crippen LogP contribution in [0.5, 0.6) is 0 Å². The molecule has 3 heteroatoms. The number of ketones is 1. The third kappa shape index (κ3) is 2.42. The Kier molecular flexibility index (Phi) is 4.14. The average molecular weight is 451 g/mol. The van der Waals surface area contributed by atoms with Crippen molar-refractivity contribution in [3.05, 3.63) is 36.5 Å². The SMILES string of the molecule is C[C@H]1C=C[C@H](C(C)(C)O)O[C@H]2C[C@@]3(C)[C@@H]4CC[C@H]5C(C)(C)C(=O)C=C[C@]56C[C@]46C=C[C@@]3(C)[C@H]21. The van der Waals surface area contributed by atoms with E-state index in [0.717, 1.165) is 12.8 Å². The van der Waals surface area contributed by atoms with Gasteiger partial charge in [-0.25, -0.2) is 0 Å². The van der Waals surface area contributed by atoms with Crippen LogP contribution in [-0.2, 0) is 9.53 Å². The highest BCUT2D eigenvalue weighted by molar-refractivity contribution is 5.96. The highest BCUT2D eigenvalue weighted by atomic mass is 16.5. The summed E-state index contributed by atoms with van der Waals surface area (Å²) in [7, 11) is 0. The van der Waals surface area contributed by atoms with Gasteiger partial charge in [-0.1, -0.05) is 65.0 Å². The Morgan fingerprint density at radius 3 is 2.36 bits per heavy atom. The monoisotopic (exact) mass is 450 g/mol. The molecule has 0 aromatic heterocycles. The normalized spacial score (nSPS) is 55.7. The van der Waals surface area contributed by atoms with Crippen molar-refractivity contribution in [3.63, 3.8) is 0 Å². The standard InChI is InChI=1S/C30H42O3/c1-18-8-11-23(26(4,5)32)33-19-16-28(7)21-10-9-20-25(2,3)22(31)12-13-29(20)17-30(21,29)15-14-27(28,6)24(18)19/h8,11-15,18-21,23-24,32H,9-10,16-17H2,1-7H3/t18-,19-,20-,21-,23+,24-,27-,28-,29-,30+/m0/s1. The minimum Gasteiger partial charge on any atom is -0.387 e. The number of hydrogen-bond donors (Lipinski definition) is 1. The fourth-order valence-electron chi connectivity index (χ4n) is 10.1. The van der Waals surface area contributed by atoms with Gasteiger partial charge in [0, 0.05) is 22.2 Å². The van der Waals surface area contributed by atoms with Crippen molar-refractivity contribution in [1.29, 1.82) is 0 Å². The van der Waals surface area contributed by atoms with Crippen LogP contribution in [0.25, 0.3) is 0 Å². The van der Waals surface area contributed by atoms with Crippen molar-refractivity contribution in [2.75, 3.05) is 0 Å². The molecule has 1 aliphatic heterocycles. The molecular weight excluding hydrogens is 408 g/mol. The fraction of sp³-hybridized carbons (Fsp3) is 0.767. The molecule has 6 aliphatic rings. The molecule has 1 heterocycles. The van der Waals surface area contributed by atoms with Crippen LogP contribution in [0.3, 0.4) is 0 Å². The summed E-state index contributed by atoms with van der Waals surface area (Å²) in [4.78, 5) is 12.8. The van der Waals surface area contributed by atoms with Crippen LogP contribution in [0.1, 0.15) is 74.1 Å². The summed E-state index contributed by atoms with van der Waals surface area (Å²) in [5, 5.41) is 10.8. The Bertz CT molecular complexity index is 997. The maximum absolute atomic E-state index is 12.8. The Hall–Kier alpha value is -1.19. The molecule has 5 aliphatic carbocycles. The van der Waals surface area contributed by atoms with E-state index in [1.165, 1.54) is 12.8 Å². The lowest BCUT2D eigenvalue weighted by molar-refractivity contribution is -0.131. The van der Waals surface area contributed by atoms with Crippen LogP contribution in [0.2, 0.25) is 0 Å². The van der Waals surface area contributed by atoms with Gasteiger partial charge in [0.2, 0.25) is 0 Å². The number of allylic oxidation sites excluding steroid dienone is 5. The summed E-state index contributed by atoms with van der Waals surface area (Å²) in [6.07, 6.45) is 18.3. The van der Waals surface area contributed by atoms with Gasteiger partial charge in [-0.2, -0.15) is 0 Å². The van der Waals surface area contributed by atoms with Gasteiger partial charge in [-0.15, -0.1) is 0 Å². The van der Waals surface area contributed by atoms with Gasteiger partial charge < -0.3 is 9.84 Å². The average Bonchev–Trinajstić information content (AvgIpc) is 3.35. The lowest BCUT2D eigenvalue weighted by Gasteiger charge is -2.59. The van der Waals surface area contributed by atoms with Crippen molar-refractivity contribution in [3.8, 4) is 0 Å². The first-order valence-corrected chi connectivity index (χ1v) is 13.2. The lowest BCUT2D eigenvalue weighted by Crippen LogP contribution is -2.54. The van der Waals surface area contributed by atoms with E-state index in [1.807, 2.05) is 19.9 Å². The van der Waals surface area contributed by atoms with Gasteiger partial charge in [0.15, 0.2) is 5.78 Å². The quantitative estimate of drug-likeness (QED) is 0.507. The Morgan fingerprint density at radius 1 is 1.00 bits per heavy atom. The Labute approximate surface area is 199 Å². The molecule has 0 unspecified atom stereocenters. The topological polar surface area (TPSA) is 46.5 Å². The summed E-state index contributed by atoms with van der Waals surface area (Å²) in [5.41, 5.74) is -0.595. The van der Waals surface area contributed by atoms with Gasteiger partial charge in [0.05, 0.1) is 11.7 Å². The molecule has 0 amide bonds. The number of fused-ring (bicyclic) bond motifs is 4. The first-order chi connectivity index (χ1) is 15.2. The van der Waals surface area contributed by atoms with Crippen LogP contribution in [0, 0.1) is 50.7 Å². The molecule has 3 fully saturated rings. The van der Waals surface area contributed by atoms with E-state index in [0.29, 0.717) is 29.5 Å². The fourth-order valence-corrected chi connectivity index (χ4v) is 10.1. The lowest BCUT2D eigenvalue weighted by atomic mass is 9.45. The van der Waals surface area contributed by atoms with Crippen LogP contribution in [0.15, 0.2) is 36.5 Å². The van der Waals surface area contributed by atoms with Crippen LogP contribution < -0.4 is 0 Å². The first-order valence-electron chi connectivity index (χ1n) is 13.2. The highest BCUT2D eigenvalue weighted by Crippen LogP contribution is 2.86. The number of carbonyl (C=O) groups is 1. The molecule has 3 saturated carbocycles. The summed E-state index contributed by atoms with van der Waals surface area (Å²) < 4.78 is 6.74. The molecule has 10 atom stereocenters. The molecule has 2 spiro atoms. The molecule has 3 nitrogen and oxygen atoms in total. The maximum atomic E-state index is 12.8. The van der Waals surface area contributed by atoms with Crippen LogP contribution in [0.4, 0.5) is 0 Å². The van der Waals surface area contributed by atoms with E-state index >= 15 is 0 Å². The van der Waals surface area contributed by atoms with Gasteiger partial charge >= 0.3 is 0 Å². The number of hydrogen-bond acceptors (Lipinski definition) is 3. The second kappa shape index (κ2) is 6.13. The summed E-state index contributed by atoms with van der Waals surface area (Å²) in [6, 6.07) is 0. The predicted octanol–water partition coefficient (Wildman–Crippen LogP) is 5.89. The van der Waals surface area contributed by atoms with Crippen LogP contribution >= 0.6 is 0 Å². The minimum atomic E-state index is -0.888. The van der Waals surface area contributed by atoms with E-state index in [2.05, 4.69) is 65.0 Å². The van der Waals surface area contributed by atoms with Crippen molar-refractivity contribution in [2.24, 2.45) is 50.7 Å². The first kappa shape index (κ1) is 22.3. The zero-order valence-corrected chi connectivity index (χ0v) is 21.5. The largest absolute Gasteiger partial charge is 0.387 e. The molecule has 0 bridgehead atoms. The second-order valence-corrected chi connectivity index (χ2v) is 14.1. The molecule has 1 N–H and O–H groups in total. The smallest absolute Gasteiger partial charge is 0.161 e. The van der Waals surface area contributed by atoms with Gasteiger partial charge in [-0.3, -0.25) is 4.79 Å². The van der Waals surface area contributed by atoms with Crippen molar-refractivity contribution in [1.82, 2.24) is 0 Å². The molecule has 0 aromatic rings. The number of carbonyl (C=O) groups excluding carboxylic acids is 1. The number of rotatable bonds is 1. The molecule has 33 heavy (non-hydrogen) atoms. The van der Waals surface area contributed by atoms with Gasteiger partial charge in [-0.05, 0) is 74.2 Å². The number of ether oxygens (including phenoxy) is 1. The molecule has 0 aromatic carbocycles. The molecular formula is C30H42O3. The van der Waals surface area contributed by atoms with E-state index in [-0.39, 0.29) is 39.3 Å². The molecule has 180 valence electrons. The van der Waals surface area contributed by atoms with E-state index in [4.69, 9.17) is 4.74 Å². The van der Waals surface area contributed by atoms with Crippen molar-refractivity contribution < 1.29 is 14.6 Å². The van der Waals surface area contributed by atoms with E-state index in [9.17, 15) is 9.90 Å². The van der Waals surface area contributed by atoms with Crippen molar-refractivity contribution in [2.45, 2.75) is 92.0 Å². The summed E-state index contributed by atoms with van der Waals surface area (Å²) in [5.74, 6) is 2.18. The zero-order valence-electron chi connectivity index (χ0n) is 21.5. The van der Waals surface area contributed by atoms with Crippen molar-refractivity contribution >= 4 is 5.78 Å².